The lowest BCUT2D eigenvalue weighted by Gasteiger charge is -2.40. The van der Waals surface area contributed by atoms with E-state index in [0.717, 1.165) is 18.4 Å². The van der Waals surface area contributed by atoms with Gasteiger partial charge in [0, 0.05) is 25.2 Å². The summed E-state index contributed by atoms with van der Waals surface area (Å²) in [6, 6.07) is 5.35. The lowest BCUT2D eigenvalue weighted by Crippen LogP contribution is -2.41. The molecule has 1 aliphatic rings. The van der Waals surface area contributed by atoms with Crippen LogP contribution >= 0.6 is 11.6 Å². The van der Waals surface area contributed by atoms with Gasteiger partial charge in [-0.15, -0.1) is 0 Å². The van der Waals surface area contributed by atoms with E-state index in [0.29, 0.717) is 30.5 Å². The van der Waals surface area contributed by atoms with Crippen LogP contribution in [-0.4, -0.2) is 32.0 Å². The minimum Gasteiger partial charge on any atom is -0.495 e. The fourth-order valence-corrected chi connectivity index (χ4v) is 2.84. The Morgan fingerprint density at radius 3 is 2.68 bits per heavy atom. The van der Waals surface area contributed by atoms with Crippen LogP contribution in [0.4, 0.5) is 0 Å². The Balaban J connectivity index is 2.26. The van der Waals surface area contributed by atoms with Crippen LogP contribution in [0.2, 0.25) is 5.02 Å². The second-order valence-corrected chi connectivity index (χ2v) is 5.38. The minimum atomic E-state index is -0.634. The average molecular weight is 286 g/mol. The maximum atomic E-state index is 10.6. The number of ether oxygens (including phenoxy) is 2. The normalized spacial score (nSPS) is 20.0. The van der Waals surface area contributed by atoms with Crippen molar-refractivity contribution in [1.82, 2.24) is 0 Å². The van der Waals surface area contributed by atoms with Gasteiger partial charge in [-0.25, -0.2) is 0 Å². The molecule has 3 N–H and O–H groups in total. The van der Waals surface area contributed by atoms with Gasteiger partial charge in [-0.3, -0.25) is 0 Å². The zero-order valence-corrected chi connectivity index (χ0v) is 11.8. The summed E-state index contributed by atoms with van der Waals surface area (Å²) >= 11 is 6.11. The molecular formula is C14H20ClNO3. The van der Waals surface area contributed by atoms with Crippen molar-refractivity contribution >= 4 is 11.6 Å². The zero-order valence-electron chi connectivity index (χ0n) is 11.1. The number of hydrogen-bond donors (Lipinski definition) is 2. The molecule has 19 heavy (non-hydrogen) atoms. The molecule has 1 aromatic carbocycles. The highest BCUT2D eigenvalue weighted by atomic mass is 35.5. The zero-order chi connectivity index (χ0) is 13.9. The number of benzene rings is 1. The second-order valence-electron chi connectivity index (χ2n) is 4.98. The molecule has 4 nitrogen and oxygen atoms in total. The monoisotopic (exact) mass is 285 g/mol. The van der Waals surface area contributed by atoms with E-state index in [9.17, 15) is 5.11 Å². The average Bonchev–Trinajstić information content (AvgIpc) is 2.47. The lowest BCUT2D eigenvalue weighted by molar-refractivity contribution is -0.0581. The van der Waals surface area contributed by atoms with Gasteiger partial charge < -0.3 is 20.3 Å². The predicted octanol–water partition coefficient (Wildman–Crippen LogP) is 2.14. The summed E-state index contributed by atoms with van der Waals surface area (Å²) < 4.78 is 10.5. The van der Waals surface area contributed by atoms with Gasteiger partial charge >= 0.3 is 0 Å². The highest BCUT2D eigenvalue weighted by Gasteiger charge is 2.39. The van der Waals surface area contributed by atoms with Crippen LogP contribution in [0.3, 0.4) is 0 Å². The summed E-state index contributed by atoms with van der Waals surface area (Å²) in [6.07, 6.45) is 0.882. The first-order valence-electron chi connectivity index (χ1n) is 6.42. The lowest BCUT2D eigenvalue weighted by atomic mass is 9.73. The molecule has 1 aromatic rings. The minimum absolute atomic E-state index is 0.323. The largest absolute Gasteiger partial charge is 0.495 e. The van der Waals surface area contributed by atoms with Gasteiger partial charge in [-0.1, -0.05) is 17.7 Å². The predicted molar refractivity (Wildman–Crippen MR) is 74.5 cm³/mol. The smallest absolute Gasteiger partial charge is 0.137 e. The second kappa shape index (κ2) is 6.09. The van der Waals surface area contributed by atoms with Gasteiger partial charge in [0.2, 0.25) is 0 Å². The van der Waals surface area contributed by atoms with Crippen molar-refractivity contribution in [3.05, 3.63) is 28.8 Å². The van der Waals surface area contributed by atoms with Crippen LogP contribution in [0.1, 0.15) is 24.5 Å². The molecule has 0 radical (unpaired) electrons. The van der Waals surface area contributed by atoms with E-state index in [1.165, 1.54) is 0 Å². The quantitative estimate of drug-likeness (QED) is 0.889. The summed E-state index contributed by atoms with van der Waals surface area (Å²) in [5.41, 5.74) is 6.35. The molecule has 0 spiro atoms. The standard InChI is InChI=1S/C14H20ClNO3/c1-18-12-3-2-10(8-11(12)15)13(17)14(9-16)4-6-19-7-5-14/h2-3,8,13,17H,4-7,9,16H2,1H3. The fourth-order valence-electron chi connectivity index (χ4n) is 2.57. The molecule has 0 bridgehead atoms. The number of methoxy groups -OCH3 is 1. The number of aliphatic hydroxyl groups excluding tert-OH is 1. The van der Waals surface area contributed by atoms with E-state index < -0.39 is 6.10 Å². The van der Waals surface area contributed by atoms with Crippen LogP contribution in [0.15, 0.2) is 18.2 Å². The fraction of sp³-hybridized carbons (Fsp3) is 0.571. The third kappa shape index (κ3) is 2.87. The van der Waals surface area contributed by atoms with Gasteiger partial charge in [0.05, 0.1) is 18.2 Å². The van der Waals surface area contributed by atoms with Gasteiger partial charge in [0.1, 0.15) is 5.75 Å². The van der Waals surface area contributed by atoms with Crippen molar-refractivity contribution in [2.45, 2.75) is 18.9 Å². The number of nitrogens with two attached hydrogens (primary N) is 1. The maximum absolute atomic E-state index is 10.6. The van der Waals surface area contributed by atoms with E-state index in [2.05, 4.69) is 0 Å². The van der Waals surface area contributed by atoms with E-state index >= 15 is 0 Å². The van der Waals surface area contributed by atoms with E-state index in [1.807, 2.05) is 6.07 Å². The molecule has 0 amide bonds. The van der Waals surface area contributed by atoms with Crippen molar-refractivity contribution in [1.29, 1.82) is 0 Å². The number of aliphatic hydroxyl groups is 1. The highest BCUT2D eigenvalue weighted by Crippen LogP contribution is 2.42. The summed E-state index contributed by atoms with van der Waals surface area (Å²) in [5.74, 6) is 0.603. The summed E-state index contributed by atoms with van der Waals surface area (Å²) in [5, 5.41) is 11.1. The Bertz CT molecular complexity index is 433. The maximum Gasteiger partial charge on any atom is 0.137 e. The molecule has 1 unspecified atom stereocenters. The molecule has 0 aromatic heterocycles. The van der Waals surface area contributed by atoms with Crippen LogP contribution < -0.4 is 10.5 Å². The SMILES string of the molecule is COc1ccc(C(O)C2(CN)CCOCC2)cc1Cl. The molecule has 1 fully saturated rings. The molecule has 1 atom stereocenters. The first-order valence-corrected chi connectivity index (χ1v) is 6.80. The Kier molecular flexibility index (Phi) is 4.68. The first kappa shape index (κ1) is 14.6. The van der Waals surface area contributed by atoms with Crippen LogP contribution in [-0.2, 0) is 4.74 Å². The van der Waals surface area contributed by atoms with Crippen molar-refractivity contribution in [3.8, 4) is 5.75 Å². The Morgan fingerprint density at radius 2 is 2.16 bits per heavy atom. The Morgan fingerprint density at radius 1 is 1.47 bits per heavy atom. The molecule has 1 saturated heterocycles. The summed E-state index contributed by atoms with van der Waals surface area (Å²) in [6.45, 7) is 1.71. The molecular weight excluding hydrogens is 266 g/mol. The van der Waals surface area contributed by atoms with E-state index in [-0.39, 0.29) is 5.41 Å². The van der Waals surface area contributed by atoms with Gasteiger partial charge in [-0.05, 0) is 30.5 Å². The molecule has 0 saturated carbocycles. The van der Waals surface area contributed by atoms with Crippen molar-refractivity contribution in [3.63, 3.8) is 0 Å². The summed E-state index contributed by atoms with van der Waals surface area (Å²) in [7, 11) is 1.57. The molecule has 5 heteroatoms. The molecule has 2 rings (SSSR count). The van der Waals surface area contributed by atoms with E-state index in [1.54, 1.807) is 19.2 Å². The van der Waals surface area contributed by atoms with Crippen LogP contribution in [0.5, 0.6) is 5.75 Å². The Labute approximate surface area is 118 Å². The molecule has 106 valence electrons. The third-order valence-corrected chi connectivity index (χ3v) is 4.26. The molecule has 1 heterocycles. The summed E-state index contributed by atoms with van der Waals surface area (Å²) in [4.78, 5) is 0. The molecule has 1 aliphatic heterocycles. The number of rotatable bonds is 4. The van der Waals surface area contributed by atoms with Gasteiger partial charge in [0.15, 0.2) is 0 Å². The van der Waals surface area contributed by atoms with Crippen molar-refractivity contribution in [2.24, 2.45) is 11.1 Å². The van der Waals surface area contributed by atoms with Gasteiger partial charge in [-0.2, -0.15) is 0 Å². The Hall–Kier alpha value is -0.810. The van der Waals surface area contributed by atoms with E-state index in [4.69, 9.17) is 26.8 Å². The highest BCUT2D eigenvalue weighted by molar-refractivity contribution is 6.32. The first-order chi connectivity index (χ1) is 9.13. The van der Waals surface area contributed by atoms with Crippen molar-refractivity contribution in [2.75, 3.05) is 26.9 Å². The van der Waals surface area contributed by atoms with Crippen LogP contribution in [0, 0.1) is 5.41 Å². The van der Waals surface area contributed by atoms with Crippen molar-refractivity contribution < 1.29 is 14.6 Å². The third-order valence-electron chi connectivity index (χ3n) is 3.97. The number of halogens is 1. The topological polar surface area (TPSA) is 64.7 Å². The number of hydrogen-bond acceptors (Lipinski definition) is 4. The van der Waals surface area contributed by atoms with Gasteiger partial charge in [0.25, 0.3) is 0 Å². The van der Waals surface area contributed by atoms with Crippen LogP contribution in [0.25, 0.3) is 0 Å². The molecule has 0 aliphatic carbocycles.